The lowest BCUT2D eigenvalue weighted by Crippen LogP contribution is -2.38. The van der Waals surface area contributed by atoms with Crippen molar-refractivity contribution < 1.29 is 13.9 Å². The maximum absolute atomic E-state index is 14.6. The van der Waals surface area contributed by atoms with Crippen LogP contribution < -0.4 is 10.1 Å². The van der Waals surface area contributed by atoms with Crippen LogP contribution >= 0.6 is 11.6 Å². The van der Waals surface area contributed by atoms with Crippen LogP contribution in [0.3, 0.4) is 0 Å². The fraction of sp³-hybridized carbons (Fsp3) is 0.240. The van der Waals surface area contributed by atoms with Crippen LogP contribution in [0.5, 0.6) is 5.75 Å². The smallest absolute Gasteiger partial charge is 0.161 e. The highest BCUT2D eigenvalue weighted by Crippen LogP contribution is 2.34. The molecule has 0 amide bonds. The minimum absolute atomic E-state index is 0.305. The molecular formula is C25H23ClFN5O2. The van der Waals surface area contributed by atoms with E-state index in [0.29, 0.717) is 34.3 Å². The van der Waals surface area contributed by atoms with Gasteiger partial charge in [-0.2, -0.15) is 0 Å². The molecule has 1 aromatic carbocycles. The maximum Gasteiger partial charge on any atom is 0.161 e. The largest absolute Gasteiger partial charge is 0.488 e. The molecule has 3 aromatic heterocycles. The van der Waals surface area contributed by atoms with Gasteiger partial charge in [-0.05, 0) is 42.5 Å². The highest BCUT2D eigenvalue weighted by Gasteiger charge is 2.15. The van der Waals surface area contributed by atoms with Gasteiger partial charge >= 0.3 is 0 Å². The van der Waals surface area contributed by atoms with Crippen LogP contribution in [0.1, 0.15) is 0 Å². The molecule has 0 saturated carbocycles. The minimum Gasteiger partial charge on any atom is -0.488 e. The summed E-state index contributed by atoms with van der Waals surface area (Å²) in [7, 11) is 0. The van der Waals surface area contributed by atoms with Gasteiger partial charge in [0.25, 0.3) is 0 Å². The van der Waals surface area contributed by atoms with Crippen molar-refractivity contribution in [3.8, 4) is 17.0 Å². The number of aromatic nitrogens is 3. The van der Waals surface area contributed by atoms with Gasteiger partial charge in [0.15, 0.2) is 11.4 Å². The first-order valence-corrected chi connectivity index (χ1v) is 11.4. The summed E-state index contributed by atoms with van der Waals surface area (Å²) < 4.78 is 26.0. The van der Waals surface area contributed by atoms with Gasteiger partial charge in [-0.1, -0.05) is 11.6 Å². The van der Waals surface area contributed by atoms with Crippen molar-refractivity contribution in [3.63, 3.8) is 0 Å². The molecule has 4 aromatic rings. The van der Waals surface area contributed by atoms with E-state index < -0.39 is 5.82 Å². The molecule has 0 bridgehead atoms. The van der Waals surface area contributed by atoms with E-state index in [1.807, 2.05) is 18.2 Å². The van der Waals surface area contributed by atoms with Crippen LogP contribution in [0.4, 0.5) is 15.8 Å². The Hall–Kier alpha value is -3.33. The summed E-state index contributed by atoms with van der Waals surface area (Å²) in [6, 6.07) is 11.8. The van der Waals surface area contributed by atoms with Crippen LogP contribution in [0.25, 0.3) is 22.3 Å². The molecule has 1 aliphatic heterocycles. The van der Waals surface area contributed by atoms with E-state index in [2.05, 4.69) is 25.2 Å². The van der Waals surface area contributed by atoms with Gasteiger partial charge in [0.2, 0.25) is 0 Å². The van der Waals surface area contributed by atoms with Gasteiger partial charge in [-0.25, -0.2) is 14.4 Å². The number of anilines is 2. The molecule has 7 nitrogen and oxygen atoms in total. The summed E-state index contributed by atoms with van der Waals surface area (Å²) in [4.78, 5) is 15.5. The van der Waals surface area contributed by atoms with Crippen molar-refractivity contribution >= 4 is 34.0 Å². The molecule has 0 atom stereocenters. The van der Waals surface area contributed by atoms with Crippen LogP contribution in [0, 0.1) is 5.82 Å². The molecule has 0 spiro atoms. The summed E-state index contributed by atoms with van der Waals surface area (Å²) in [6.45, 7) is 4.63. The number of rotatable bonds is 7. The molecule has 174 valence electrons. The third kappa shape index (κ3) is 5.09. The molecule has 9 heteroatoms. The molecule has 34 heavy (non-hydrogen) atoms. The monoisotopic (exact) mass is 479 g/mol. The minimum atomic E-state index is -0.408. The second kappa shape index (κ2) is 10.3. The van der Waals surface area contributed by atoms with Gasteiger partial charge in [-0.15, -0.1) is 0 Å². The third-order valence-corrected chi connectivity index (χ3v) is 5.85. The Labute approximate surface area is 201 Å². The molecular weight excluding hydrogens is 457 g/mol. The number of pyridine rings is 3. The second-order valence-corrected chi connectivity index (χ2v) is 8.29. The van der Waals surface area contributed by atoms with E-state index in [0.717, 1.165) is 49.6 Å². The topological polar surface area (TPSA) is 72.4 Å². The second-order valence-electron chi connectivity index (χ2n) is 7.85. The molecule has 4 heterocycles. The maximum atomic E-state index is 14.6. The van der Waals surface area contributed by atoms with Crippen molar-refractivity contribution in [2.24, 2.45) is 0 Å². The molecule has 1 fully saturated rings. The predicted molar refractivity (Wildman–Crippen MR) is 130 cm³/mol. The molecule has 0 radical (unpaired) electrons. The van der Waals surface area contributed by atoms with Gasteiger partial charge in [0, 0.05) is 48.0 Å². The number of benzene rings is 1. The van der Waals surface area contributed by atoms with E-state index in [9.17, 15) is 4.39 Å². The van der Waals surface area contributed by atoms with Crippen molar-refractivity contribution in [1.29, 1.82) is 0 Å². The first-order chi connectivity index (χ1) is 16.7. The van der Waals surface area contributed by atoms with Gasteiger partial charge in [0.1, 0.15) is 12.4 Å². The standard InChI is InChI=1S/C25H23ClFN5O2/c26-17-3-4-20(27)19(14-17)23-15-22(18-2-1-6-29-25(18)31-23)30-21-5-7-28-16-24(21)34-13-10-32-8-11-33-12-9-32/h1-7,14-16H,8-13H2,(H,28,29,30,31). The van der Waals surface area contributed by atoms with E-state index in [-0.39, 0.29) is 0 Å². The fourth-order valence-corrected chi connectivity index (χ4v) is 4.02. The Balaban J connectivity index is 1.44. The van der Waals surface area contributed by atoms with Crippen LogP contribution in [-0.2, 0) is 4.74 Å². The average Bonchev–Trinajstić information content (AvgIpc) is 2.87. The molecule has 1 saturated heterocycles. The number of fused-ring (bicyclic) bond motifs is 1. The zero-order chi connectivity index (χ0) is 23.3. The number of nitrogens with one attached hydrogen (secondary N) is 1. The Morgan fingerprint density at radius 2 is 1.97 bits per heavy atom. The highest BCUT2D eigenvalue weighted by molar-refractivity contribution is 6.30. The van der Waals surface area contributed by atoms with E-state index in [1.165, 1.54) is 12.1 Å². The highest BCUT2D eigenvalue weighted by atomic mass is 35.5. The fourth-order valence-electron chi connectivity index (χ4n) is 3.85. The van der Waals surface area contributed by atoms with Crippen molar-refractivity contribution in [2.45, 2.75) is 0 Å². The van der Waals surface area contributed by atoms with Crippen molar-refractivity contribution in [2.75, 3.05) is 44.8 Å². The molecule has 1 aliphatic rings. The van der Waals surface area contributed by atoms with Crippen LogP contribution in [0.15, 0.2) is 61.1 Å². The third-order valence-electron chi connectivity index (χ3n) is 5.61. The molecule has 0 unspecified atom stereocenters. The predicted octanol–water partition coefficient (Wildman–Crippen LogP) is 4.94. The van der Waals surface area contributed by atoms with Gasteiger partial charge in [-0.3, -0.25) is 9.88 Å². The van der Waals surface area contributed by atoms with E-state index >= 15 is 0 Å². The normalized spacial score (nSPS) is 14.3. The number of halogens is 2. The number of hydrogen-bond acceptors (Lipinski definition) is 7. The van der Waals surface area contributed by atoms with Crippen molar-refractivity contribution in [3.05, 3.63) is 71.9 Å². The molecule has 0 aliphatic carbocycles. The quantitative estimate of drug-likeness (QED) is 0.402. The number of morpholine rings is 1. The Kier molecular flexibility index (Phi) is 6.80. The zero-order valence-electron chi connectivity index (χ0n) is 18.4. The Bertz CT molecular complexity index is 1300. The summed E-state index contributed by atoms with van der Waals surface area (Å²) in [5.41, 5.74) is 2.69. The number of hydrogen-bond donors (Lipinski definition) is 1. The van der Waals surface area contributed by atoms with Gasteiger partial charge < -0.3 is 14.8 Å². The average molecular weight is 480 g/mol. The lowest BCUT2D eigenvalue weighted by atomic mass is 10.1. The summed E-state index contributed by atoms with van der Waals surface area (Å²) in [6.07, 6.45) is 5.03. The number of ether oxygens (including phenoxy) is 2. The lowest BCUT2D eigenvalue weighted by Gasteiger charge is -2.26. The SMILES string of the molecule is Fc1ccc(Cl)cc1-c1cc(Nc2ccncc2OCCN2CCOCC2)c2cccnc2n1. The van der Waals surface area contributed by atoms with Crippen LogP contribution in [0.2, 0.25) is 5.02 Å². The molecule has 1 N–H and O–H groups in total. The first kappa shape index (κ1) is 22.5. The molecule has 5 rings (SSSR count). The van der Waals surface area contributed by atoms with Crippen molar-refractivity contribution in [1.82, 2.24) is 19.9 Å². The Morgan fingerprint density at radius 3 is 2.85 bits per heavy atom. The van der Waals surface area contributed by atoms with Crippen LogP contribution in [-0.4, -0.2) is 59.3 Å². The summed E-state index contributed by atoms with van der Waals surface area (Å²) >= 11 is 6.12. The Morgan fingerprint density at radius 1 is 1.09 bits per heavy atom. The first-order valence-electron chi connectivity index (χ1n) is 11.0. The number of nitrogens with zero attached hydrogens (tertiary/aromatic N) is 4. The lowest BCUT2D eigenvalue weighted by molar-refractivity contribution is 0.0323. The summed E-state index contributed by atoms with van der Waals surface area (Å²) in [5, 5.41) is 4.64. The van der Waals surface area contributed by atoms with E-state index in [4.69, 9.17) is 21.1 Å². The zero-order valence-corrected chi connectivity index (χ0v) is 19.1. The van der Waals surface area contributed by atoms with E-state index in [1.54, 1.807) is 30.7 Å². The van der Waals surface area contributed by atoms with Gasteiger partial charge in [0.05, 0.1) is 36.5 Å². The summed E-state index contributed by atoms with van der Waals surface area (Å²) in [5.74, 6) is 0.217.